The molecule has 0 atom stereocenters. The number of rotatable bonds is 5. The summed E-state index contributed by atoms with van der Waals surface area (Å²) in [5.41, 5.74) is 5.40. The number of benzene rings is 2. The van der Waals surface area contributed by atoms with E-state index in [2.05, 4.69) is 15.6 Å². The highest BCUT2D eigenvalue weighted by molar-refractivity contribution is 6.02. The third-order valence-corrected chi connectivity index (χ3v) is 4.95. The van der Waals surface area contributed by atoms with E-state index in [0.29, 0.717) is 17.8 Å². The highest BCUT2D eigenvalue weighted by Gasteiger charge is 2.11. The molecule has 0 unspecified atom stereocenters. The number of furan rings is 1. The number of amides is 2. The van der Waals surface area contributed by atoms with Crippen LogP contribution >= 0.6 is 0 Å². The summed E-state index contributed by atoms with van der Waals surface area (Å²) in [4.78, 5) is 28.0. The molecule has 0 fully saturated rings. The van der Waals surface area contributed by atoms with E-state index in [9.17, 15) is 9.59 Å². The molecule has 0 aliphatic carbocycles. The SMILES string of the molecule is Cc1[nH]c2ccc(C(=O)NCc3cccc(NC(=O)c4ccco4)c3)cc2c1C. The number of aromatic nitrogens is 1. The number of carbonyl (C=O) groups is 2. The maximum atomic E-state index is 12.6. The van der Waals surface area contributed by atoms with Crippen LogP contribution in [0.4, 0.5) is 5.69 Å². The van der Waals surface area contributed by atoms with Gasteiger partial charge in [0.15, 0.2) is 5.76 Å². The van der Waals surface area contributed by atoms with E-state index in [4.69, 9.17) is 4.42 Å². The van der Waals surface area contributed by atoms with Gasteiger partial charge in [-0.3, -0.25) is 9.59 Å². The van der Waals surface area contributed by atoms with Crippen molar-refractivity contribution in [2.45, 2.75) is 20.4 Å². The van der Waals surface area contributed by atoms with Crippen LogP contribution in [0.25, 0.3) is 10.9 Å². The zero-order valence-electron chi connectivity index (χ0n) is 16.2. The molecule has 0 radical (unpaired) electrons. The average Bonchev–Trinajstić information content (AvgIpc) is 3.35. The molecule has 0 aliphatic rings. The number of H-pyrrole nitrogens is 1. The van der Waals surface area contributed by atoms with Crippen LogP contribution in [0.3, 0.4) is 0 Å². The van der Waals surface area contributed by atoms with Crippen LogP contribution in [0.1, 0.15) is 37.7 Å². The van der Waals surface area contributed by atoms with Gasteiger partial charge in [0.1, 0.15) is 0 Å². The summed E-state index contributed by atoms with van der Waals surface area (Å²) in [7, 11) is 0. The second kappa shape index (κ2) is 7.67. The summed E-state index contributed by atoms with van der Waals surface area (Å²) in [6, 6.07) is 16.2. The predicted octanol–water partition coefficient (Wildman–Crippen LogP) is 4.56. The molecule has 2 heterocycles. The molecule has 29 heavy (non-hydrogen) atoms. The Bertz CT molecular complexity index is 1190. The molecule has 0 bridgehead atoms. The Kier molecular flexibility index (Phi) is 4.91. The molecular weight excluding hydrogens is 366 g/mol. The minimum absolute atomic E-state index is 0.143. The van der Waals surface area contributed by atoms with Crippen molar-refractivity contribution < 1.29 is 14.0 Å². The second-order valence-electron chi connectivity index (χ2n) is 6.95. The van der Waals surface area contributed by atoms with Crippen LogP contribution in [-0.2, 0) is 6.54 Å². The van der Waals surface area contributed by atoms with Gasteiger partial charge in [0, 0.05) is 34.4 Å². The van der Waals surface area contributed by atoms with E-state index in [1.54, 1.807) is 18.2 Å². The van der Waals surface area contributed by atoms with Crippen LogP contribution in [0.15, 0.2) is 65.3 Å². The first kappa shape index (κ1) is 18.6. The fraction of sp³-hybridized carbons (Fsp3) is 0.130. The predicted molar refractivity (Wildman–Crippen MR) is 112 cm³/mol. The number of hydrogen-bond acceptors (Lipinski definition) is 3. The minimum atomic E-state index is -0.318. The molecule has 6 heteroatoms. The molecule has 0 saturated carbocycles. The van der Waals surface area contributed by atoms with Crippen LogP contribution in [0.2, 0.25) is 0 Å². The molecule has 6 nitrogen and oxygen atoms in total. The first-order valence-electron chi connectivity index (χ1n) is 9.32. The number of aromatic amines is 1. The maximum Gasteiger partial charge on any atom is 0.291 e. The van der Waals surface area contributed by atoms with Crippen molar-refractivity contribution in [2.24, 2.45) is 0 Å². The van der Waals surface area contributed by atoms with E-state index in [1.165, 1.54) is 6.26 Å². The number of aryl methyl sites for hydroxylation is 2. The van der Waals surface area contributed by atoms with Crippen molar-refractivity contribution in [1.82, 2.24) is 10.3 Å². The zero-order valence-corrected chi connectivity index (χ0v) is 16.2. The molecule has 0 spiro atoms. The molecule has 4 aromatic rings. The Balaban J connectivity index is 1.43. The Morgan fingerprint density at radius 3 is 2.66 bits per heavy atom. The lowest BCUT2D eigenvalue weighted by Crippen LogP contribution is -2.22. The van der Waals surface area contributed by atoms with Gasteiger partial charge >= 0.3 is 0 Å². The number of carbonyl (C=O) groups excluding carboxylic acids is 2. The maximum absolute atomic E-state index is 12.6. The lowest BCUT2D eigenvalue weighted by atomic mass is 10.1. The fourth-order valence-electron chi connectivity index (χ4n) is 3.25. The topological polar surface area (TPSA) is 87.1 Å². The summed E-state index contributed by atoms with van der Waals surface area (Å²) in [6.45, 7) is 4.41. The summed E-state index contributed by atoms with van der Waals surface area (Å²) >= 11 is 0. The first-order valence-corrected chi connectivity index (χ1v) is 9.32. The molecule has 0 aliphatic heterocycles. The lowest BCUT2D eigenvalue weighted by molar-refractivity contribution is 0.0949. The average molecular weight is 387 g/mol. The molecule has 0 saturated heterocycles. The van der Waals surface area contributed by atoms with Crippen molar-refractivity contribution >= 4 is 28.4 Å². The van der Waals surface area contributed by atoms with Gasteiger partial charge < -0.3 is 20.0 Å². The Hall–Kier alpha value is -3.80. The van der Waals surface area contributed by atoms with Gasteiger partial charge in [-0.25, -0.2) is 0 Å². The molecule has 2 amide bonds. The largest absolute Gasteiger partial charge is 0.459 e. The third-order valence-electron chi connectivity index (χ3n) is 4.95. The Morgan fingerprint density at radius 1 is 1.00 bits per heavy atom. The van der Waals surface area contributed by atoms with Crippen LogP contribution in [0.5, 0.6) is 0 Å². The lowest BCUT2D eigenvalue weighted by Gasteiger charge is -2.08. The van der Waals surface area contributed by atoms with Crippen molar-refractivity contribution in [3.8, 4) is 0 Å². The molecule has 2 aromatic heterocycles. The van der Waals surface area contributed by atoms with E-state index in [1.807, 2.05) is 50.2 Å². The van der Waals surface area contributed by atoms with Crippen molar-refractivity contribution in [1.29, 1.82) is 0 Å². The summed E-state index contributed by atoms with van der Waals surface area (Å²) in [5, 5.41) is 6.77. The van der Waals surface area contributed by atoms with Gasteiger partial charge in [0.25, 0.3) is 11.8 Å². The summed E-state index contributed by atoms with van der Waals surface area (Å²) in [6.07, 6.45) is 1.45. The second-order valence-corrected chi connectivity index (χ2v) is 6.95. The zero-order chi connectivity index (χ0) is 20.4. The number of anilines is 1. The van der Waals surface area contributed by atoms with Crippen LogP contribution in [0, 0.1) is 13.8 Å². The quantitative estimate of drug-likeness (QED) is 0.469. The van der Waals surface area contributed by atoms with Crippen LogP contribution in [-0.4, -0.2) is 16.8 Å². The van der Waals surface area contributed by atoms with E-state index in [-0.39, 0.29) is 17.6 Å². The third kappa shape index (κ3) is 3.91. The van der Waals surface area contributed by atoms with Gasteiger partial charge in [-0.1, -0.05) is 12.1 Å². The fourth-order valence-corrected chi connectivity index (χ4v) is 3.25. The number of fused-ring (bicyclic) bond motifs is 1. The summed E-state index contributed by atoms with van der Waals surface area (Å²) in [5.74, 6) is -0.216. The minimum Gasteiger partial charge on any atom is -0.459 e. The molecule has 146 valence electrons. The van der Waals surface area contributed by atoms with E-state index < -0.39 is 0 Å². The Morgan fingerprint density at radius 2 is 1.86 bits per heavy atom. The van der Waals surface area contributed by atoms with E-state index >= 15 is 0 Å². The monoisotopic (exact) mass is 387 g/mol. The molecular formula is C23H21N3O3. The number of hydrogen-bond donors (Lipinski definition) is 3. The van der Waals surface area contributed by atoms with Gasteiger partial charge in [-0.2, -0.15) is 0 Å². The van der Waals surface area contributed by atoms with Crippen molar-refractivity contribution in [3.05, 3.63) is 89.0 Å². The smallest absolute Gasteiger partial charge is 0.291 e. The normalized spacial score (nSPS) is 10.8. The Labute approximate surface area is 167 Å². The van der Waals surface area contributed by atoms with Gasteiger partial charge in [0.05, 0.1) is 6.26 Å². The van der Waals surface area contributed by atoms with Gasteiger partial charge in [-0.05, 0) is 67.4 Å². The van der Waals surface area contributed by atoms with E-state index in [0.717, 1.165) is 27.7 Å². The van der Waals surface area contributed by atoms with Crippen molar-refractivity contribution in [2.75, 3.05) is 5.32 Å². The highest BCUT2D eigenvalue weighted by Crippen LogP contribution is 2.22. The van der Waals surface area contributed by atoms with Gasteiger partial charge in [-0.15, -0.1) is 0 Å². The van der Waals surface area contributed by atoms with Gasteiger partial charge in [0.2, 0.25) is 0 Å². The highest BCUT2D eigenvalue weighted by atomic mass is 16.3. The first-order chi connectivity index (χ1) is 14.0. The standard InChI is InChI=1S/C23H21N3O3/c1-14-15(2)25-20-9-8-17(12-19(14)20)22(27)24-13-16-5-3-6-18(11-16)26-23(28)21-7-4-10-29-21/h3-12,25H,13H2,1-2H3,(H,24,27)(H,26,28). The van der Waals surface area contributed by atoms with Crippen molar-refractivity contribution in [3.63, 3.8) is 0 Å². The molecule has 2 aromatic carbocycles. The summed E-state index contributed by atoms with van der Waals surface area (Å²) < 4.78 is 5.09. The number of nitrogens with one attached hydrogen (secondary N) is 3. The molecule has 4 rings (SSSR count). The van der Waals surface area contributed by atoms with Crippen LogP contribution < -0.4 is 10.6 Å². The molecule has 3 N–H and O–H groups in total.